The van der Waals surface area contributed by atoms with Crippen LogP contribution in [-0.4, -0.2) is 17.5 Å². The molecule has 3 nitrogen and oxygen atoms in total. The van der Waals surface area contributed by atoms with Gasteiger partial charge in [0, 0.05) is 37.1 Å². The van der Waals surface area contributed by atoms with E-state index < -0.39 is 5.92 Å². The molecule has 1 atom stereocenters. The van der Waals surface area contributed by atoms with Crippen LogP contribution in [0.2, 0.25) is 0 Å². The normalized spacial score (nSPS) is 20.7. The average Bonchev–Trinajstić information content (AvgIpc) is 2.24. The molecule has 0 aliphatic heterocycles. The van der Waals surface area contributed by atoms with Crippen molar-refractivity contribution in [3.63, 3.8) is 0 Å². The van der Waals surface area contributed by atoms with Crippen molar-refractivity contribution in [1.29, 1.82) is 0 Å². The number of nitrogens with zero attached hydrogens (tertiary/aromatic N) is 1. The van der Waals surface area contributed by atoms with Crippen LogP contribution in [0.4, 0.5) is 8.78 Å². The van der Waals surface area contributed by atoms with Crippen molar-refractivity contribution < 1.29 is 13.5 Å². The number of aromatic nitrogens is 1. The van der Waals surface area contributed by atoms with Crippen LogP contribution in [0.3, 0.4) is 0 Å². The standard InChI is InChI=1S/C12H16F2N2O/c1-8(15)10-2-3-11(16-6-10)17-7-9-4-12(13,14)5-9/h2-3,6,8-9H,4-5,7,15H2,1H3. The highest BCUT2D eigenvalue weighted by Gasteiger charge is 2.45. The number of alkyl halides is 2. The molecule has 1 aromatic heterocycles. The molecule has 2 N–H and O–H groups in total. The van der Waals surface area contributed by atoms with Crippen molar-refractivity contribution in [3.05, 3.63) is 23.9 Å². The number of nitrogens with two attached hydrogens (primary N) is 1. The van der Waals surface area contributed by atoms with E-state index in [1.54, 1.807) is 12.3 Å². The Morgan fingerprint density at radius 3 is 2.71 bits per heavy atom. The summed E-state index contributed by atoms with van der Waals surface area (Å²) in [6.45, 7) is 2.17. The number of hydrogen-bond donors (Lipinski definition) is 1. The predicted octanol–water partition coefficient (Wildman–Crippen LogP) is 2.53. The Labute approximate surface area is 99.0 Å². The first kappa shape index (κ1) is 12.2. The Morgan fingerprint density at radius 2 is 2.24 bits per heavy atom. The van der Waals surface area contributed by atoms with E-state index in [0.717, 1.165) is 5.56 Å². The van der Waals surface area contributed by atoms with Crippen LogP contribution in [0.5, 0.6) is 5.88 Å². The minimum absolute atomic E-state index is 0.0556. The summed E-state index contributed by atoms with van der Waals surface area (Å²) in [6, 6.07) is 3.49. The van der Waals surface area contributed by atoms with E-state index in [9.17, 15) is 8.78 Å². The molecule has 2 rings (SSSR count). The average molecular weight is 242 g/mol. The van der Waals surface area contributed by atoms with Gasteiger partial charge in [-0.3, -0.25) is 0 Å². The van der Waals surface area contributed by atoms with Crippen LogP contribution >= 0.6 is 0 Å². The molecule has 17 heavy (non-hydrogen) atoms. The van der Waals surface area contributed by atoms with Crippen molar-refractivity contribution in [1.82, 2.24) is 4.98 Å². The van der Waals surface area contributed by atoms with Gasteiger partial charge in [0.1, 0.15) is 0 Å². The van der Waals surface area contributed by atoms with Crippen LogP contribution in [0.15, 0.2) is 18.3 Å². The molecule has 1 unspecified atom stereocenters. The summed E-state index contributed by atoms with van der Waals surface area (Å²) in [5, 5.41) is 0. The fourth-order valence-electron chi connectivity index (χ4n) is 1.85. The molecule has 0 bridgehead atoms. The molecule has 0 aromatic carbocycles. The summed E-state index contributed by atoms with van der Waals surface area (Å²) in [5.41, 5.74) is 6.61. The van der Waals surface area contributed by atoms with Gasteiger partial charge >= 0.3 is 0 Å². The fraction of sp³-hybridized carbons (Fsp3) is 0.583. The van der Waals surface area contributed by atoms with Crippen molar-refractivity contribution in [2.75, 3.05) is 6.61 Å². The van der Waals surface area contributed by atoms with Gasteiger partial charge in [-0.15, -0.1) is 0 Å². The van der Waals surface area contributed by atoms with Gasteiger partial charge in [-0.05, 0) is 12.5 Å². The second kappa shape index (κ2) is 4.56. The van der Waals surface area contributed by atoms with Gasteiger partial charge in [0.2, 0.25) is 11.8 Å². The third kappa shape index (κ3) is 3.12. The van der Waals surface area contributed by atoms with E-state index in [-0.39, 0.29) is 24.8 Å². The molecular formula is C12H16F2N2O. The third-order valence-electron chi connectivity index (χ3n) is 2.93. The first-order valence-electron chi connectivity index (χ1n) is 5.68. The Morgan fingerprint density at radius 1 is 1.53 bits per heavy atom. The van der Waals surface area contributed by atoms with E-state index in [4.69, 9.17) is 10.5 Å². The van der Waals surface area contributed by atoms with Gasteiger partial charge in [-0.25, -0.2) is 13.8 Å². The Balaban J connectivity index is 1.80. The first-order chi connectivity index (χ1) is 7.96. The van der Waals surface area contributed by atoms with Crippen molar-refractivity contribution in [2.45, 2.75) is 31.7 Å². The number of ether oxygens (including phenoxy) is 1. The number of halogens is 2. The molecule has 5 heteroatoms. The van der Waals surface area contributed by atoms with Crippen LogP contribution < -0.4 is 10.5 Å². The predicted molar refractivity (Wildman–Crippen MR) is 60.0 cm³/mol. The summed E-state index contributed by atoms with van der Waals surface area (Å²) in [5.74, 6) is -2.08. The van der Waals surface area contributed by atoms with Gasteiger partial charge in [0.05, 0.1) is 6.61 Å². The van der Waals surface area contributed by atoms with E-state index >= 15 is 0 Å². The largest absolute Gasteiger partial charge is 0.477 e. The summed E-state index contributed by atoms with van der Waals surface area (Å²) in [6.07, 6.45) is 1.49. The van der Waals surface area contributed by atoms with Crippen molar-refractivity contribution >= 4 is 0 Å². The monoisotopic (exact) mass is 242 g/mol. The topological polar surface area (TPSA) is 48.1 Å². The maximum absolute atomic E-state index is 12.6. The second-order valence-corrected chi connectivity index (χ2v) is 4.66. The summed E-state index contributed by atoms with van der Waals surface area (Å²) in [4.78, 5) is 4.08. The Kier molecular flexibility index (Phi) is 3.28. The lowest BCUT2D eigenvalue weighted by molar-refractivity contribution is -0.119. The zero-order valence-electron chi connectivity index (χ0n) is 9.70. The molecule has 1 aromatic rings. The smallest absolute Gasteiger partial charge is 0.248 e. The Hall–Kier alpha value is -1.23. The molecule has 1 fully saturated rings. The molecular weight excluding hydrogens is 226 g/mol. The van der Waals surface area contributed by atoms with Gasteiger partial charge in [-0.1, -0.05) is 6.07 Å². The second-order valence-electron chi connectivity index (χ2n) is 4.66. The summed E-state index contributed by atoms with van der Waals surface area (Å²) < 4.78 is 30.5. The third-order valence-corrected chi connectivity index (χ3v) is 2.93. The van der Waals surface area contributed by atoms with Gasteiger partial charge < -0.3 is 10.5 Å². The molecule has 0 spiro atoms. The maximum Gasteiger partial charge on any atom is 0.248 e. The molecule has 0 saturated heterocycles. The van der Waals surface area contributed by atoms with Gasteiger partial charge in [0.15, 0.2) is 0 Å². The van der Waals surface area contributed by atoms with Crippen LogP contribution in [0, 0.1) is 5.92 Å². The zero-order valence-corrected chi connectivity index (χ0v) is 9.70. The number of pyridine rings is 1. The van der Waals surface area contributed by atoms with Crippen molar-refractivity contribution in [2.24, 2.45) is 11.7 Å². The minimum atomic E-state index is -2.49. The van der Waals surface area contributed by atoms with Gasteiger partial charge in [0.25, 0.3) is 0 Å². The maximum atomic E-state index is 12.6. The lowest BCUT2D eigenvalue weighted by Gasteiger charge is -2.34. The van der Waals surface area contributed by atoms with E-state index in [2.05, 4.69) is 4.98 Å². The van der Waals surface area contributed by atoms with E-state index in [1.807, 2.05) is 13.0 Å². The fourth-order valence-corrected chi connectivity index (χ4v) is 1.85. The number of hydrogen-bond acceptors (Lipinski definition) is 3. The quantitative estimate of drug-likeness (QED) is 0.882. The lowest BCUT2D eigenvalue weighted by Crippen LogP contribution is -2.38. The molecule has 1 saturated carbocycles. The molecule has 94 valence electrons. The first-order valence-corrected chi connectivity index (χ1v) is 5.68. The van der Waals surface area contributed by atoms with Crippen LogP contribution in [-0.2, 0) is 0 Å². The molecule has 1 aliphatic carbocycles. The summed E-state index contributed by atoms with van der Waals surface area (Å²) in [7, 11) is 0. The summed E-state index contributed by atoms with van der Waals surface area (Å²) >= 11 is 0. The number of rotatable bonds is 4. The van der Waals surface area contributed by atoms with Crippen LogP contribution in [0.1, 0.15) is 31.4 Å². The molecule has 0 radical (unpaired) electrons. The van der Waals surface area contributed by atoms with Gasteiger partial charge in [-0.2, -0.15) is 0 Å². The van der Waals surface area contributed by atoms with E-state index in [1.165, 1.54) is 0 Å². The molecule has 0 amide bonds. The molecule has 1 heterocycles. The minimum Gasteiger partial charge on any atom is -0.477 e. The lowest BCUT2D eigenvalue weighted by atomic mass is 9.82. The highest BCUT2D eigenvalue weighted by Crippen LogP contribution is 2.42. The zero-order chi connectivity index (χ0) is 12.5. The van der Waals surface area contributed by atoms with Crippen molar-refractivity contribution in [3.8, 4) is 5.88 Å². The van der Waals surface area contributed by atoms with E-state index in [0.29, 0.717) is 12.5 Å². The van der Waals surface area contributed by atoms with Crippen LogP contribution in [0.25, 0.3) is 0 Å². The highest BCUT2D eigenvalue weighted by molar-refractivity contribution is 5.20. The molecule has 1 aliphatic rings. The highest BCUT2D eigenvalue weighted by atomic mass is 19.3. The SMILES string of the molecule is CC(N)c1ccc(OCC2CC(F)(F)C2)nc1. The Bertz CT molecular complexity index is 371.